The number of carbonyl (C=O) groups excluding carboxylic acids is 2. The molecule has 172 valence electrons. The lowest BCUT2D eigenvalue weighted by Crippen LogP contribution is -2.64. The molecule has 2 saturated carbocycles. The number of hydrogen-bond donors (Lipinski definition) is 3. The van der Waals surface area contributed by atoms with Crippen molar-refractivity contribution in [2.24, 2.45) is 5.92 Å². The van der Waals surface area contributed by atoms with E-state index in [1.807, 2.05) is 24.3 Å². The van der Waals surface area contributed by atoms with Gasteiger partial charge in [-0.1, -0.05) is 55.0 Å². The third-order valence-electron chi connectivity index (χ3n) is 7.50. The van der Waals surface area contributed by atoms with E-state index in [9.17, 15) is 19.5 Å². The van der Waals surface area contributed by atoms with E-state index in [0.29, 0.717) is 12.8 Å². The Labute approximate surface area is 192 Å². The van der Waals surface area contributed by atoms with Crippen LogP contribution in [0.5, 0.6) is 0 Å². The fraction of sp³-hybridized carbons (Fsp3) is 0.423. The fourth-order valence-corrected chi connectivity index (χ4v) is 5.17. The molecule has 0 aliphatic heterocycles. The van der Waals surface area contributed by atoms with E-state index >= 15 is 0 Å². The number of nitrogens with one attached hydrogen (secondary N) is 2. The predicted octanol–water partition coefficient (Wildman–Crippen LogP) is 3.82. The average molecular weight is 449 g/mol. The van der Waals surface area contributed by atoms with E-state index in [1.54, 1.807) is 0 Å². The van der Waals surface area contributed by atoms with Crippen molar-refractivity contribution in [3.05, 3.63) is 59.7 Å². The molecule has 0 heterocycles. The molecule has 2 aromatic rings. The number of carboxylic acids is 1. The second kappa shape index (κ2) is 8.54. The largest absolute Gasteiger partial charge is 0.480 e. The fourth-order valence-electron chi connectivity index (χ4n) is 5.17. The molecule has 2 fully saturated rings. The SMILES string of the molecule is O=C(NC(C(=O)NC1(C(=O)O)CCC1)C1CCC1)OCC1c2ccccc2-c2ccccc21. The lowest BCUT2D eigenvalue weighted by atomic mass is 9.75. The first-order valence-electron chi connectivity index (χ1n) is 11.7. The molecule has 0 radical (unpaired) electrons. The number of carboxylic acid groups (broad SMARTS) is 1. The third kappa shape index (κ3) is 3.86. The van der Waals surface area contributed by atoms with Crippen molar-refractivity contribution in [3.8, 4) is 11.1 Å². The molecule has 3 N–H and O–H groups in total. The highest BCUT2D eigenvalue weighted by molar-refractivity contribution is 5.92. The van der Waals surface area contributed by atoms with E-state index in [1.165, 1.54) is 0 Å². The van der Waals surface area contributed by atoms with Crippen LogP contribution in [-0.2, 0) is 14.3 Å². The first-order chi connectivity index (χ1) is 16.0. The van der Waals surface area contributed by atoms with Gasteiger partial charge in [0, 0.05) is 5.92 Å². The molecule has 0 spiro atoms. The van der Waals surface area contributed by atoms with Crippen molar-refractivity contribution in [1.82, 2.24) is 10.6 Å². The number of amides is 2. The highest BCUT2D eigenvalue weighted by Gasteiger charge is 2.48. The molecular weight excluding hydrogens is 420 g/mol. The molecule has 2 aromatic carbocycles. The van der Waals surface area contributed by atoms with Gasteiger partial charge in [-0.2, -0.15) is 0 Å². The molecule has 7 heteroatoms. The van der Waals surface area contributed by atoms with Gasteiger partial charge in [-0.25, -0.2) is 9.59 Å². The average Bonchev–Trinajstić information content (AvgIpc) is 3.06. The number of carbonyl (C=O) groups is 3. The Balaban J connectivity index is 1.26. The Morgan fingerprint density at radius 1 is 0.970 bits per heavy atom. The molecule has 33 heavy (non-hydrogen) atoms. The second-order valence-electron chi connectivity index (χ2n) is 9.37. The monoisotopic (exact) mass is 448 g/mol. The van der Waals surface area contributed by atoms with Crippen LogP contribution in [0.4, 0.5) is 4.79 Å². The third-order valence-corrected chi connectivity index (χ3v) is 7.50. The van der Waals surface area contributed by atoms with Crippen LogP contribution in [0.2, 0.25) is 0 Å². The first-order valence-corrected chi connectivity index (χ1v) is 11.7. The topological polar surface area (TPSA) is 105 Å². The van der Waals surface area contributed by atoms with Crippen molar-refractivity contribution < 1.29 is 24.2 Å². The Morgan fingerprint density at radius 2 is 1.58 bits per heavy atom. The molecule has 7 nitrogen and oxygen atoms in total. The highest BCUT2D eigenvalue weighted by Crippen LogP contribution is 2.44. The molecule has 2 amide bonds. The Bertz CT molecular complexity index is 1040. The minimum atomic E-state index is -1.21. The zero-order valence-electron chi connectivity index (χ0n) is 18.4. The van der Waals surface area contributed by atoms with Crippen LogP contribution in [0, 0.1) is 5.92 Å². The van der Waals surface area contributed by atoms with E-state index in [-0.39, 0.29) is 18.4 Å². The minimum Gasteiger partial charge on any atom is -0.480 e. The maximum atomic E-state index is 13.0. The maximum absolute atomic E-state index is 13.0. The summed E-state index contributed by atoms with van der Waals surface area (Å²) in [6, 6.07) is 15.4. The first kappa shape index (κ1) is 21.5. The summed E-state index contributed by atoms with van der Waals surface area (Å²) in [7, 11) is 0. The summed E-state index contributed by atoms with van der Waals surface area (Å²) in [4.78, 5) is 37.4. The van der Waals surface area contributed by atoms with Gasteiger partial charge in [0.15, 0.2) is 0 Å². The number of fused-ring (bicyclic) bond motifs is 3. The van der Waals surface area contributed by atoms with Gasteiger partial charge in [0.2, 0.25) is 5.91 Å². The molecule has 0 saturated heterocycles. The molecule has 5 rings (SSSR count). The van der Waals surface area contributed by atoms with Gasteiger partial charge in [-0.15, -0.1) is 0 Å². The molecule has 1 atom stereocenters. The predicted molar refractivity (Wildman–Crippen MR) is 122 cm³/mol. The highest BCUT2D eigenvalue weighted by atomic mass is 16.5. The van der Waals surface area contributed by atoms with E-state index in [0.717, 1.165) is 47.9 Å². The van der Waals surface area contributed by atoms with Crippen LogP contribution in [0.15, 0.2) is 48.5 Å². The summed E-state index contributed by atoms with van der Waals surface area (Å²) < 4.78 is 5.61. The van der Waals surface area contributed by atoms with Gasteiger partial charge in [0.25, 0.3) is 0 Å². The van der Waals surface area contributed by atoms with E-state index in [2.05, 4.69) is 34.9 Å². The molecule has 3 aliphatic rings. The van der Waals surface area contributed by atoms with Gasteiger partial charge >= 0.3 is 12.1 Å². The smallest absolute Gasteiger partial charge is 0.407 e. The molecule has 0 aromatic heterocycles. The molecule has 3 aliphatic carbocycles. The summed E-state index contributed by atoms with van der Waals surface area (Å²) in [6.07, 6.45) is 3.57. The molecule has 1 unspecified atom stereocenters. The number of aliphatic carboxylic acids is 1. The Morgan fingerprint density at radius 3 is 2.06 bits per heavy atom. The number of ether oxygens (including phenoxy) is 1. The molecular formula is C26H28N2O5. The Hall–Kier alpha value is -3.35. The van der Waals surface area contributed by atoms with Crippen LogP contribution in [0.1, 0.15) is 55.6 Å². The minimum absolute atomic E-state index is 0.00333. The van der Waals surface area contributed by atoms with Crippen LogP contribution >= 0.6 is 0 Å². The van der Waals surface area contributed by atoms with Crippen molar-refractivity contribution >= 4 is 18.0 Å². The zero-order chi connectivity index (χ0) is 23.0. The number of alkyl carbamates (subject to hydrolysis) is 1. The lowest BCUT2D eigenvalue weighted by Gasteiger charge is -2.41. The van der Waals surface area contributed by atoms with Crippen LogP contribution in [-0.4, -0.2) is 41.3 Å². The zero-order valence-corrected chi connectivity index (χ0v) is 18.4. The van der Waals surface area contributed by atoms with Crippen LogP contribution < -0.4 is 10.6 Å². The van der Waals surface area contributed by atoms with Gasteiger partial charge in [-0.05, 0) is 60.3 Å². The standard InChI is InChI=1S/C26H28N2O5/c29-23(28-26(24(30)31)13-6-14-26)22(16-7-5-8-16)27-25(32)33-15-21-19-11-3-1-9-17(19)18-10-2-4-12-20(18)21/h1-4,9-12,16,21-22H,5-8,13-15H2,(H,27,32)(H,28,29)(H,30,31). The Kier molecular flexibility index (Phi) is 5.56. The number of rotatable bonds is 7. The van der Waals surface area contributed by atoms with Gasteiger partial charge < -0.3 is 20.5 Å². The number of hydrogen-bond acceptors (Lipinski definition) is 4. The summed E-state index contributed by atoms with van der Waals surface area (Å²) in [6.45, 7) is 0.165. The maximum Gasteiger partial charge on any atom is 0.407 e. The van der Waals surface area contributed by atoms with Crippen molar-refractivity contribution in [3.63, 3.8) is 0 Å². The van der Waals surface area contributed by atoms with E-state index in [4.69, 9.17) is 4.74 Å². The van der Waals surface area contributed by atoms with E-state index < -0.39 is 29.6 Å². The van der Waals surface area contributed by atoms with Gasteiger partial charge in [0.1, 0.15) is 18.2 Å². The van der Waals surface area contributed by atoms with Crippen molar-refractivity contribution in [2.45, 2.75) is 56.0 Å². The van der Waals surface area contributed by atoms with Crippen LogP contribution in [0.3, 0.4) is 0 Å². The normalized spacial score (nSPS) is 19.3. The number of benzene rings is 2. The van der Waals surface area contributed by atoms with Gasteiger partial charge in [0.05, 0.1) is 0 Å². The summed E-state index contributed by atoms with van der Waals surface area (Å²) >= 11 is 0. The quantitative estimate of drug-likeness (QED) is 0.597. The van der Waals surface area contributed by atoms with Crippen LogP contribution in [0.25, 0.3) is 11.1 Å². The van der Waals surface area contributed by atoms with Gasteiger partial charge in [-0.3, -0.25) is 4.79 Å². The molecule has 0 bridgehead atoms. The summed E-state index contributed by atoms with van der Waals surface area (Å²) in [5, 5.41) is 15.0. The van der Waals surface area contributed by atoms with Crippen molar-refractivity contribution in [2.75, 3.05) is 6.61 Å². The second-order valence-corrected chi connectivity index (χ2v) is 9.37. The lowest BCUT2D eigenvalue weighted by molar-refractivity contribution is -0.152. The summed E-state index contributed by atoms with van der Waals surface area (Å²) in [5.74, 6) is -1.52. The van der Waals surface area contributed by atoms with Crippen molar-refractivity contribution in [1.29, 1.82) is 0 Å². The summed E-state index contributed by atoms with van der Waals surface area (Å²) in [5.41, 5.74) is 3.32.